The Morgan fingerprint density at radius 2 is 2.00 bits per heavy atom. The summed E-state index contributed by atoms with van der Waals surface area (Å²) in [4.78, 5) is 7.03. The van der Waals surface area contributed by atoms with Gasteiger partial charge in [-0.15, -0.1) is 0 Å². The summed E-state index contributed by atoms with van der Waals surface area (Å²) in [6, 6.07) is 10.5. The Labute approximate surface area is 121 Å². The lowest BCUT2D eigenvalue weighted by atomic mass is 10.1. The van der Waals surface area contributed by atoms with E-state index >= 15 is 0 Å². The largest absolute Gasteiger partial charge is 0.330 e. The smallest absolute Gasteiger partial charge is 0.0746 e. The number of nitrogens with two attached hydrogens (primary N) is 1. The number of rotatable bonds is 7. The Morgan fingerprint density at radius 3 is 2.75 bits per heavy atom. The quantitative estimate of drug-likeness (QED) is 0.841. The average Bonchev–Trinajstić information content (AvgIpc) is 2.44. The second-order valence-corrected chi connectivity index (χ2v) is 5.76. The maximum Gasteiger partial charge on any atom is 0.0746 e. The van der Waals surface area contributed by atoms with Gasteiger partial charge in [0.25, 0.3) is 0 Å². The van der Waals surface area contributed by atoms with E-state index in [1.807, 2.05) is 12.3 Å². The third kappa shape index (κ3) is 4.02. The van der Waals surface area contributed by atoms with E-state index in [0.717, 1.165) is 38.1 Å². The minimum absolute atomic E-state index is 0.663. The standard InChI is InChI=1S/C17H25N3/c1-14(2)12-20(11-5-9-18)13-16-7-3-6-15-8-4-10-19-17(15)16/h3-4,6-8,10,14H,5,9,11-13,18H2,1-2H3. The summed E-state index contributed by atoms with van der Waals surface area (Å²) in [7, 11) is 0. The maximum atomic E-state index is 5.65. The first kappa shape index (κ1) is 14.9. The fraction of sp³-hybridized carbons (Fsp3) is 0.471. The number of hydrogen-bond donors (Lipinski definition) is 1. The third-order valence-electron chi connectivity index (χ3n) is 3.41. The van der Waals surface area contributed by atoms with Gasteiger partial charge in [0.05, 0.1) is 5.52 Å². The van der Waals surface area contributed by atoms with Gasteiger partial charge in [-0.1, -0.05) is 38.1 Å². The van der Waals surface area contributed by atoms with Crippen molar-refractivity contribution in [1.82, 2.24) is 9.88 Å². The molecule has 0 bridgehead atoms. The molecule has 2 rings (SSSR count). The molecule has 0 radical (unpaired) electrons. The molecule has 0 unspecified atom stereocenters. The molecule has 2 N–H and O–H groups in total. The fourth-order valence-electron chi connectivity index (χ4n) is 2.60. The monoisotopic (exact) mass is 271 g/mol. The molecule has 3 nitrogen and oxygen atoms in total. The van der Waals surface area contributed by atoms with Crippen LogP contribution in [0, 0.1) is 5.92 Å². The second-order valence-electron chi connectivity index (χ2n) is 5.76. The number of fused-ring (bicyclic) bond motifs is 1. The van der Waals surface area contributed by atoms with Crippen LogP contribution in [0.1, 0.15) is 25.8 Å². The number of nitrogens with zero attached hydrogens (tertiary/aromatic N) is 2. The van der Waals surface area contributed by atoms with E-state index in [4.69, 9.17) is 5.73 Å². The minimum atomic E-state index is 0.663. The average molecular weight is 271 g/mol. The van der Waals surface area contributed by atoms with Gasteiger partial charge in [0.2, 0.25) is 0 Å². The molecule has 20 heavy (non-hydrogen) atoms. The van der Waals surface area contributed by atoms with Crippen molar-refractivity contribution < 1.29 is 0 Å². The molecular weight excluding hydrogens is 246 g/mol. The first-order chi connectivity index (χ1) is 9.70. The highest BCUT2D eigenvalue weighted by atomic mass is 15.1. The van der Waals surface area contributed by atoms with Gasteiger partial charge in [0.1, 0.15) is 0 Å². The summed E-state index contributed by atoms with van der Waals surface area (Å²) in [5.41, 5.74) is 8.08. The summed E-state index contributed by atoms with van der Waals surface area (Å²) < 4.78 is 0. The van der Waals surface area contributed by atoms with E-state index < -0.39 is 0 Å². The van der Waals surface area contributed by atoms with Crippen LogP contribution in [0.25, 0.3) is 10.9 Å². The number of benzene rings is 1. The lowest BCUT2D eigenvalue weighted by Gasteiger charge is -2.24. The summed E-state index contributed by atoms with van der Waals surface area (Å²) in [5.74, 6) is 0.663. The Balaban J connectivity index is 2.18. The molecule has 0 aliphatic heterocycles. The topological polar surface area (TPSA) is 42.1 Å². The van der Waals surface area contributed by atoms with Crippen LogP contribution in [0.4, 0.5) is 0 Å². The van der Waals surface area contributed by atoms with Crippen molar-refractivity contribution in [1.29, 1.82) is 0 Å². The predicted octanol–water partition coefficient (Wildman–Crippen LogP) is 3.04. The second kappa shape index (κ2) is 7.36. The number of pyridine rings is 1. The van der Waals surface area contributed by atoms with Crippen LogP contribution in [0.2, 0.25) is 0 Å². The molecule has 1 heterocycles. The Bertz CT molecular complexity index is 531. The Kier molecular flexibility index (Phi) is 5.50. The van der Waals surface area contributed by atoms with Crippen LogP contribution >= 0.6 is 0 Å². The molecular formula is C17H25N3. The maximum absolute atomic E-state index is 5.65. The number of aromatic nitrogens is 1. The van der Waals surface area contributed by atoms with Crippen LogP contribution in [-0.2, 0) is 6.54 Å². The van der Waals surface area contributed by atoms with Crippen LogP contribution in [0.15, 0.2) is 36.5 Å². The zero-order valence-electron chi connectivity index (χ0n) is 12.5. The van der Waals surface area contributed by atoms with E-state index in [-0.39, 0.29) is 0 Å². The zero-order valence-corrected chi connectivity index (χ0v) is 12.5. The summed E-state index contributed by atoms with van der Waals surface area (Å²) in [6.07, 6.45) is 2.92. The first-order valence-corrected chi connectivity index (χ1v) is 7.45. The highest BCUT2D eigenvalue weighted by molar-refractivity contribution is 5.81. The van der Waals surface area contributed by atoms with Crippen LogP contribution in [0.3, 0.4) is 0 Å². The van der Waals surface area contributed by atoms with E-state index in [1.54, 1.807) is 0 Å². The molecule has 1 aromatic carbocycles. The molecule has 0 atom stereocenters. The molecule has 2 aromatic rings. The highest BCUT2D eigenvalue weighted by Crippen LogP contribution is 2.18. The van der Waals surface area contributed by atoms with Crippen molar-refractivity contribution >= 4 is 10.9 Å². The Morgan fingerprint density at radius 1 is 1.20 bits per heavy atom. The molecule has 0 aliphatic carbocycles. The van der Waals surface area contributed by atoms with Gasteiger partial charge in [0, 0.05) is 24.7 Å². The fourth-order valence-corrected chi connectivity index (χ4v) is 2.60. The SMILES string of the molecule is CC(C)CN(CCCN)Cc1cccc2cccnc12. The lowest BCUT2D eigenvalue weighted by molar-refractivity contribution is 0.235. The third-order valence-corrected chi connectivity index (χ3v) is 3.41. The highest BCUT2D eigenvalue weighted by Gasteiger charge is 2.10. The molecule has 1 aromatic heterocycles. The molecule has 0 aliphatic rings. The van der Waals surface area contributed by atoms with E-state index in [1.165, 1.54) is 10.9 Å². The molecule has 0 fully saturated rings. The van der Waals surface area contributed by atoms with Crippen molar-refractivity contribution in [3.05, 3.63) is 42.1 Å². The molecule has 0 spiro atoms. The van der Waals surface area contributed by atoms with Gasteiger partial charge in [-0.25, -0.2) is 0 Å². The van der Waals surface area contributed by atoms with Crippen molar-refractivity contribution in [3.8, 4) is 0 Å². The van der Waals surface area contributed by atoms with E-state index in [9.17, 15) is 0 Å². The van der Waals surface area contributed by atoms with Crippen molar-refractivity contribution in [3.63, 3.8) is 0 Å². The van der Waals surface area contributed by atoms with Gasteiger partial charge in [-0.05, 0) is 37.1 Å². The van der Waals surface area contributed by atoms with Crippen LogP contribution in [-0.4, -0.2) is 29.5 Å². The van der Waals surface area contributed by atoms with Crippen molar-refractivity contribution in [2.45, 2.75) is 26.8 Å². The molecule has 108 valence electrons. The first-order valence-electron chi connectivity index (χ1n) is 7.45. The van der Waals surface area contributed by atoms with Gasteiger partial charge < -0.3 is 5.73 Å². The number of hydrogen-bond acceptors (Lipinski definition) is 3. The van der Waals surface area contributed by atoms with Gasteiger partial charge >= 0.3 is 0 Å². The molecule has 0 saturated carbocycles. The molecule has 3 heteroatoms. The normalized spacial score (nSPS) is 11.7. The Hall–Kier alpha value is -1.45. The van der Waals surface area contributed by atoms with Gasteiger partial charge in [0.15, 0.2) is 0 Å². The summed E-state index contributed by atoms with van der Waals surface area (Å²) in [6.45, 7) is 8.38. The van der Waals surface area contributed by atoms with Crippen LogP contribution in [0.5, 0.6) is 0 Å². The summed E-state index contributed by atoms with van der Waals surface area (Å²) in [5, 5.41) is 1.22. The lowest BCUT2D eigenvalue weighted by Crippen LogP contribution is -2.29. The van der Waals surface area contributed by atoms with Crippen LogP contribution < -0.4 is 5.73 Å². The van der Waals surface area contributed by atoms with Gasteiger partial charge in [-0.3, -0.25) is 9.88 Å². The van der Waals surface area contributed by atoms with Crippen molar-refractivity contribution in [2.24, 2.45) is 11.7 Å². The summed E-state index contributed by atoms with van der Waals surface area (Å²) >= 11 is 0. The number of para-hydroxylation sites is 1. The van der Waals surface area contributed by atoms with E-state index in [2.05, 4.69) is 48.0 Å². The minimum Gasteiger partial charge on any atom is -0.330 e. The predicted molar refractivity (Wildman–Crippen MR) is 85.5 cm³/mol. The van der Waals surface area contributed by atoms with Gasteiger partial charge in [-0.2, -0.15) is 0 Å². The molecule has 0 amide bonds. The zero-order chi connectivity index (χ0) is 14.4. The molecule has 0 saturated heterocycles. The van der Waals surface area contributed by atoms with E-state index in [0.29, 0.717) is 5.92 Å². The van der Waals surface area contributed by atoms with Crippen molar-refractivity contribution in [2.75, 3.05) is 19.6 Å².